The van der Waals surface area contributed by atoms with Gasteiger partial charge in [-0.1, -0.05) is 51.9 Å². The number of benzene rings is 1. The van der Waals surface area contributed by atoms with Crippen molar-refractivity contribution >= 4 is 16.8 Å². The lowest BCUT2D eigenvalue weighted by atomic mass is 9.87. The van der Waals surface area contributed by atoms with E-state index in [1.807, 2.05) is 19.9 Å². The molecule has 1 aromatic carbocycles. The van der Waals surface area contributed by atoms with Gasteiger partial charge in [0.15, 0.2) is 5.82 Å². The summed E-state index contributed by atoms with van der Waals surface area (Å²) in [5, 5.41) is 8.17. The number of H-pyrrole nitrogens is 1. The molecule has 148 valence electrons. The Hall–Kier alpha value is -2.63. The summed E-state index contributed by atoms with van der Waals surface area (Å²) in [5.41, 5.74) is 2.79. The summed E-state index contributed by atoms with van der Waals surface area (Å²) in [7, 11) is 0. The number of hydrogen-bond donors (Lipinski definition) is 2. The second-order valence-electron chi connectivity index (χ2n) is 9.20. The summed E-state index contributed by atoms with van der Waals surface area (Å²) >= 11 is 0. The molecule has 3 aromatic rings. The highest BCUT2D eigenvalue weighted by molar-refractivity contribution is 5.98. The van der Waals surface area contributed by atoms with E-state index < -0.39 is 0 Å². The Morgan fingerprint density at radius 2 is 2.00 bits per heavy atom. The van der Waals surface area contributed by atoms with Gasteiger partial charge in [-0.2, -0.15) is 4.98 Å². The fourth-order valence-electron chi connectivity index (χ4n) is 3.33. The SMILES string of the molecule is CC(C)C(NC(=O)c1cc2ccc(C(C)(C)C)cc2[nH]1)c1nc(C2CC2)no1. The molecule has 1 atom stereocenters. The third-order valence-electron chi connectivity index (χ3n) is 5.35. The van der Waals surface area contributed by atoms with Gasteiger partial charge in [-0.15, -0.1) is 0 Å². The van der Waals surface area contributed by atoms with Crippen LogP contribution in [0.2, 0.25) is 0 Å². The molecule has 1 fully saturated rings. The van der Waals surface area contributed by atoms with Crippen LogP contribution >= 0.6 is 0 Å². The lowest BCUT2D eigenvalue weighted by Gasteiger charge is -2.18. The van der Waals surface area contributed by atoms with Gasteiger partial charge >= 0.3 is 0 Å². The van der Waals surface area contributed by atoms with Gasteiger partial charge in [-0.3, -0.25) is 4.79 Å². The molecule has 1 aliphatic rings. The van der Waals surface area contributed by atoms with E-state index in [0.29, 0.717) is 17.5 Å². The zero-order valence-corrected chi connectivity index (χ0v) is 17.2. The van der Waals surface area contributed by atoms with Crippen LogP contribution in [0, 0.1) is 5.92 Å². The maximum atomic E-state index is 12.9. The number of nitrogens with zero attached hydrogens (tertiary/aromatic N) is 2. The van der Waals surface area contributed by atoms with Crippen molar-refractivity contribution in [3.05, 3.63) is 47.2 Å². The molecule has 2 N–H and O–H groups in total. The minimum Gasteiger partial charge on any atom is -0.351 e. The van der Waals surface area contributed by atoms with E-state index in [9.17, 15) is 4.79 Å². The summed E-state index contributed by atoms with van der Waals surface area (Å²) in [6.07, 6.45) is 2.23. The molecular weight excluding hydrogens is 352 g/mol. The molecule has 2 heterocycles. The molecule has 1 saturated carbocycles. The van der Waals surface area contributed by atoms with Crippen molar-refractivity contribution in [1.82, 2.24) is 20.4 Å². The number of carbonyl (C=O) groups excluding carboxylic acids is 1. The number of aromatic amines is 1. The Bertz CT molecular complexity index is 1010. The maximum Gasteiger partial charge on any atom is 0.268 e. The van der Waals surface area contributed by atoms with Gasteiger partial charge in [0.1, 0.15) is 11.7 Å². The second kappa shape index (κ2) is 6.76. The monoisotopic (exact) mass is 380 g/mol. The first kappa shape index (κ1) is 18.7. The van der Waals surface area contributed by atoms with E-state index >= 15 is 0 Å². The standard InChI is InChI=1S/C22H28N4O2/c1-12(2)18(21-25-19(26-28-21)13-6-7-13)24-20(27)17-10-14-8-9-15(22(3,4)5)11-16(14)23-17/h8-13,18,23H,6-7H2,1-5H3,(H,24,27). The van der Waals surface area contributed by atoms with Crippen LogP contribution in [0.5, 0.6) is 0 Å². The lowest BCUT2D eigenvalue weighted by molar-refractivity contribution is 0.0909. The van der Waals surface area contributed by atoms with Crippen LogP contribution in [-0.4, -0.2) is 21.0 Å². The minimum atomic E-state index is -0.316. The molecule has 0 spiro atoms. The van der Waals surface area contributed by atoms with E-state index in [1.165, 1.54) is 5.56 Å². The summed E-state index contributed by atoms with van der Waals surface area (Å²) in [6, 6.07) is 7.86. The Labute approximate surface area is 165 Å². The molecule has 1 aliphatic carbocycles. The first-order chi connectivity index (χ1) is 13.2. The van der Waals surface area contributed by atoms with Crippen molar-refractivity contribution < 1.29 is 9.32 Å². The van der Waals surface area contributed by atoms with Crippen LogP contribution in [0.15, 0.2) is 28.8 Å². The van der Waals surface area contributed by atoms with E-state index in [2.05, 4.69) is 59.4 Å². The molecular formula is C22H28N4O2. The van der Waals surface area contributed by atoms with Crippen LogP contribution in [0.4, 0.5) is 0 Å². The van der Waals surface area contributed by atoms with Crippen molar-refractivity contribution in [2.24, 2.45) is 5.92 Å². The average molecular weight is 380 g/mol. The number of hydrogen-bond acceptors (Lipinski definition) is 4. The minimum absolute atomic E-state index is 0.0572. The maximum absolute atomic E-state index is 12.9. The van der Waals surface area contributed by atoms with Gasteiger partial charge in [0.25, 0.3) is 5.91 Å². The fraction of sp³-hybridized carbons (Fsp3) is 0.500. The van der Waals surface area contributed by atoms with Crippen LogP contribution in [0.3, 0.4) is 0 Å². The number of aromatic nitrogens is 3. The molecule has 28 heavy (non-hydrogen) atoms. The fourth-order valence-corrected chi connectivity index (χ4v) is 3.33. The van der Waals surface area contributed by atoms with Gasteiger partial charge in [0.05, 0.1) is 0 Å². The predicted octanol–water partition coefficient (Wildman–Crippen LogP) is 4.85. The number of amides is 1. The van der Waals surface area contributed by atoms with Gasteiger partial charge in [-0.25, -0.2) is 0 Å². The smallest absolute Gasteiger partial charge is 0.268 e. The van der Waals surface area contributed by atoms with Crippen molar-refractivity contribution in [3.63, 3.8) is 0 Å². The summed E-state index contributed by atoms with van der Waals surface area (Å²) < 4.78 is 5.45. The van der Waals surface area contributed by atoms with Gasteiger partial charge in [0, 0.05) is 16.8 Å². The normalized spacial score (nSPS) is 15.9. The quantitative estimate of drug-likeness (QED) is 0.662. The van der Waals surface area contributed by atoms with Crippen LogP contribution in [0.1, 0.15) is 87.2 Å². The van der Waals surface area contributed by atoms with E-state index in [-0.39, 0.29) is 23.3 Å². The van der Waals surface area contributed by atoms with E-state index in [1.54, 1.807) is 0 Å². The largest absolute Gasteiger partial charge is 0.351 e. The first-order valence-corrected chi connectivity index (χ1v) is 10.00. The summed E-state index contributed by atoms with van der Waals surface area (Å²) in [6.45, 7) is 10.6. The summed E-state index contributed by atoms with van der Waals surface area (Å²) in [5.74, 6) is 1.63. The number of carbonyl (C=O) groups is 1. The molecule has 4 rings (SSSR count). The summed E-state index contributed by atoms with van der Waals surface area (Å²) in [4.78, 5) is 20.7. The Kier molecular flexibility index (Phi) is 4.52. The Morgan fingerprint density at radius 3 is 2.64 bits per heavy atom. The van der Waals surface area contributed by atoms with Crippen LogP contribution in [-0.2, 0) is 5.41 Å². The molecule has 0 aliphatic heterocycles. The van der Waals surface area contributed by atoms with Gasteiger partial charge in [-0.05, 0) is 41.9 Å². The number of rotatable bonds is 5. The number of nitrogens with one attached hydrogen (secondary N) is 2. The van der Waals surface area contributed by atoms with Gasteiger partial charge in [0.2, 0.25) is 5.89 Å². The van der Waals surface area contributed by atoms with Crippen molar-refractivity contribution in [1.29, 1.82) is 0 Å². The van der Waals surface area contributed by atoms with Gasteiger partial charge < -0.3 is 14.8 Å². The molecule has 6 nitrogen and oxygen atoms in total. The van der Waals surface area contributed by atoms with E-state index in [4.69, 9.17) is 4.52 Å². The van der Waals surface area contributed by atoms with E-state index in [0.717, 1.165) is 29.6 Å². The molecule has 1 amide bonds. The zero-order chi connectivity index (χ0) is 20.1. The molecule has 6 heteroatoms. The zero-order valence-electron chi connectivity index (χ0n) is 17.2. The molecule has 0 saturated heterocycles. The predicted molar refractivity (Wildman–Crippen MR) is 108 cm³/mol. The third-order valence-corrected chi connectivity index (χ3v) is 5.35. The van der Waals surface area contributed by atoms with Crippen molar-refractivity contribution in [2.75, 3.05) is 0 Å². The Balaban J connectivity index is 1.56. The second-order valence-corrected chi connectivity index (χ2v) is 9.20. The van der Waals surface area contributed by atoms with Crippen molar-refractivity contribution in [3.8, 4) is 0 Å². The van der Waals surface area contributed by atoms with Crippen LogP contribution < -0.4 is 5.32 Å². The first-order valence-electron chi connectivity index (χ1n) is 10.00. The van der Waals surface area contributed by atoms with Crippen molar-refractivity contribution in [2.45, 2.75) is 64.8 Å². The highest BCUT2D eigenvalue weighted by atomic mass is 16.5. The third kappa shape index (κ3) is 3.68. The average Bonchev–Trinajstić information content (AvgIpc) is 3.20. The highest BCUT2D eigenvalue weighted by Crippen LogP contribution is 2.38. The Morgan fingerprint density at radius 1 is 1.25 bits per heavy atom. The molecule has 2 aromatic heterocycles. The number of fused-ring (bicyclic) bond motifs is 1. The molecule has 0 radical (unpaired) electrons. The molecule has 1 unspecified atom stereocenters. The lowest BCUT2D eigenvalue weighted by Crippen LogP contribution is -2.32. The molecule has 0 bridgehead atoms. The van der Waals surface area contributed by atoms with Crippen LogP contribution in [0.25, 0.3) is 10.9 Å². The topological polar surface area (TPSA) is 83.8 Å². The highest BCUT2D eigenvalue weighted by Gasteiger charge is 2.32.